The SMILES string of the molecule is O=C(NCC[C@H]1CCCN1)c1cc(F)cc(Br)c1. The summed E-state index contributed by atoms with van der Waals surface area (Å²) in [4.78, 5) is 11.8. The van der Waals surface area contributed by atoms with Crippen molar-refractivity contribution in [1.82, 2.24) is 10.6 Å². The van der Waals surface area contributed by atoms with Gasteiger partial charge in [0, 0.05) is 22.6 Å². The van der Waals surface area contributed by atoms with Gasteiger partial charge in [-0.05, 0) is 44.0 Å². The average molecular weight is 315 g/mol. The smallest absolute Gasteiger partial charge is 0.251 e. The normalized spacial score (nSPS) is 18.9. The van der Waals surface area contributed by atoms with Crippen molar-refractivity contribution in [2.45, 2.75) is 25.3 Å². The first kappa shape index (κ1) is 13.5. The third kappa shape index (κ3) is 3.78. The van der Waals surface area contributed by atoms with Crippen molar-refractivity contribution in [2.75, 3.05) is 13.1 Å². The van der Waals surface area contributed by atoms with Gasteiger partial charge in [0.1, 0.15) is 5.82 Å². The molecule has 0 aromatic heterocycles. The second kappa shape index (κ2) is 6.29. The Morgan fingerprint density at radius 3 is 3.00 bits per heavy atom. The zero-order chi connectivity index (χ0) is 13.0. The van der Waals surface area contributed by atoms with Gasteiger partial charge in [0.2, 0.25) is 0 Å². The Bertz CT molecular complexity index is 413. The molecular formula is C13H16BrFN2O. The molecule has 0 aliphatic carbocycles. The fourth-order valence-electron chi connectivity index (χ4n) is 2.15. The maximum Gasteiger partial charge on any atom is 0.251 e. The molecule has 0 spiro atoms. The summed E-state index contributed by atoms with van der Waals surface area (Å²) in [5.74, 6) is -0.639. The Hall–Kier alpha value is -0.940. The van der Waals surface area contributed by atoms with E-state index in [1.807, 2.05) is 0 Å². The first-order valence-corrected chi connectivity index (χ1v) is 6.92. The number of hydrogen-bond acceptors (Lipinski definition) is 2. The predicted molar refractivity (Wildman–Crippen MR) is 72.1 cm³/mol. The van der Waals surface area contributed by atoms with E-state index in [2.05, 4.69) is 26.6 Å². The van der Waals surface area contributed by atoms with E-state index in [0.29, 0.717) is 22.6 Å². The number of hydrogen-bond donors (Lipinski definition) is 2. The van der Waals surface area contributed by atoms with E-state index in [4.69, 9.17) is 0 Å². The molecule has 1 aliphatic rings. The molecule has 1 amide bonds. The molecule has 1 aromatic rings. The molecule has 0 bridgehead atoms. The second-order valence-electron chi connectivity index (χ2n) is 4.50. The van der Waals surface area contributed by atoms with Crippen LogP contribution in [0.25, 0.3) is 0 Å². The van der Waals surface area contributed by atoms with Gasteiger partial charge in [-0.25, -0.2) is 4.39 Å². The van der Waals surface area contributed by atoms with Gasteiger partial charge in [-0.15, -0.1) is 0 Å². The highest BCUT2D eigenvalue weighted by Gasteiger charge is 2.14. The Balaban J connectivity index is 1.83. The van der Waals surface area contributed by atoms with Gasteiger partial charge in [-0.1, -0.05) is 15.9 Å². The van der Waals surface area contributed by atoms with Crippen molar-refractivity contribution in [3.63, 3.8) is 0 Å². The molecule has 1 fully saturated rings. The molecule has 2 rings (SSSR count). The van der Waals surface area contributed by atoms with Crippen molar-refractivity contribution in [2.24, 2.45) is 0 Å². The molecule has 0 radical (unpaired) electrons. The van der Waals surface area contributed by atoms with Crippen molar-refractivity contribution >= 4 is 21.8 Å². The van der Waals surface area contributed by atoms with Crippen molar-refractivity contribution < 1.29 is 9.18 Å². The second-order valence-corrected chi connectivity index (χ2v) is 5.41. The van der Waals surface area contributed by atoms with Gasteiger partial charge in [-0.2, -0.15) is 0 Å². The number of nitrogens with one attached hydrogen (secondary N) is 2. The lowest BCUT2D eigenvalue weighted by Crippen LogP contribution is -2.30. The minimum atomic E-state index is -0.410. The largest absolute Gasteiger partial charge is 0.352 e. The maximum absolute atomic E-state index is 13.1. The van der Waals surface area contributed by atoms with Crippen molar-refractivity contribution in [3.8, 4) is 0 Å². The highest BCUT2D eigenvalue weighted by molar-refractivity contribution is 9.10. The van der Waals surface area contributed by atoms with E-state index in [0.717, 1.165) is 13.0 Å². The third-order valence-corrected chi connectivity index (χ3v) is 3.52. The standard InChI is InChI=1S/C13H16BrFN2O/c14-10-6-9(7-11(15)8-10)13(18)17-5-3-12-2-1-4-16-12/h6-8,12,16H,1-5H2,(H,17,18)/t12-/m1/s1. The highest BCUT2D eigenvalue weighted by atomic mass is 79.9. The molecule has 2 N–H and O–H groups in total. The summed E-state index contributed by atoms with van der Waals surface area (Å²) in [5, 5.41) is 6.18. The minimum absolute atomic E-state index is 0.229. The summed E-state index contributed by atoms with van der Waals surface area (Å²) < 4.78 is 13.7. The van der Waals surface area contributed by atoms with Crippen LogP contribution in [-0.2, 0) is 0 Å². The summed E-state index contributed by atoms with van der Waals surface area (Å²) >= 11 is 3.17. The molecular weight excluding hydrogens is 299 g/mol. The summed E-state index contributed by atoms with van der Waals surface area (Å²) in [7, 11) is 0. The molecule has 0 saturated carbocycles. The Morgan fingerprint density at radius 1 is 1.50 bits per heavy atom. The van der Waals surface area contributed by atoms with Crippen LogP contribution in [0.4, 0.5) is 4.39 Å². The monoisotopic (exact) mass is 314 g/mol. The molecule has 1 saturated heterocycles. The van der Waals surface area contributed by atoms with Gasteiger partial charge < -0.3 is 10.6 Å². The molecule has 3 nitrogen and oxygen atoms in total. The number of benzene rings is 1. The van der Waals surface area contributed by atoms with Crippen LogP contribution in [0.2, 0.25) is 0 Å². The average Bonchev–Trinajstić information content (AvgIpc) is 2.80. The Labute approximate surface area is 114 Å². The lowest BCUT2D eigenvalue weighted by Gasteiger charge is -2.11. The van der Waals surface area contributed by atoms with E-state index in [-0.39, 0.29) is 5.91 Å². The Kier molecular flexibility index (Phi) is 4.72. The van der Waals surface area contributed by atoms with Gasteiger partial charge in [0.25, 0.3) is 5.91 Å². The van der Waals surface area contributed by atoms with E-state index < -0.39 is 5.82 Å². The van der Waals surface area contributed by atoms with Crippen LogP contribution >= 0.6 is 15.9 Å². The van der Waals surface area contributed by atoms with E-state index in [1.54, 1.807) is 6.07 Å². The zero-order valence-electron chi connectivity index (χ0n) is 10.0. The van der Waals surface area contributed by atoms with Crippen LogP contribution in [-0.4, -0.2) is 25.0 Å². The number of rotatable bonds is 4. The molecule has 1 heterocycles. The van der Waals surface area contributed by atoms with Crippen LogP contribution < -0.4 is 10.6 Å². The molecule has 98 valence electrons. The third-order valence-electron chi connectivity index (χ3n) is 3.07. The Morgan fingerprint density at radius 2 is 2.33 bits per heavy atom. The highest BCUT2D eigenvalue weighted by Crippen LogP contribution is 2.15. The van der Waals surface area contributed by atoms with Gasteiger partial charge in [-0.3, -0.25) is 4.79 Å². The summed E-state index contributed by atoms with van der Waals surface area (Å²) in [6, 6.07) is 4.70. The molecule has 1 aromatic carbocycles. The van der Waals surface area contributed by atoms with E-state index in [9.17, 15) is 9.18 Å². The molecule has 1 atom stereocenters. The van der Waals surface area contributed by atoms with Crippen LogP contribution in [0.15, 0.2) is 22.7 Å². The number of halogens is 2. The van der Waals surface area contributed by atoms with Crippen LogP contribution in [0.5, 0.6) is 0 Å². The molecule has 18 heavy (non-hydrogen) atoms. The van der Waals surface area contributed by atoms with Gasteiger partial charge >= 0.3 is 0 Å². The molecule has 1 aliphatic heterocycles. The number of carbonyl (C=O) groups is 1. The summed E-state index contributed by atoms with van der Waals surface area (Å²) in [6.45, 7) is 1.68. The van der Waals surface area contributed by atoms with Crippen molar-refractivity contribution in [1.29, 1.82) is 0 Å². The van der Waals surface area contributed by atoms with Gasteiger partial charge in [0.15, 0.2) is 0 Å². The quantitative estimate of drug-likeness (QED) is 0.896. The fraction of sp³-hybridized carbons (Fsp3) is 0.462. The van der Waals surface area contributed by atoms with Crippen LogP contribution in [0, 0.1) is 5.82 Å². The van der Waals surface area contributed by atoms with Crippen LogP contribution in [0.1, 0.15) is 29.6 Å². The van der Waals surface area contributed by atoms with E-state index in [1.165, 1.54) is 25.0 Å². The summed E-state index contributed by atoms with van der Waals surface area (Å²) in [5.41, 5.74) is 0.348. The summed E-state index contributed by atoms with van der Waals surface area (Å²) in [6.07, 6.45) is 3.29. The maximum atomic E-state index is 13.1. The first-order chi connectivity index (χ1) is 8.65. The van der Waals surface area contributed by atoms with Crippen LogP contribution in [0.3, 0.4) is 0 Å². The van der Waals surface area contributed by atoms with E-state index >= 15 is 0 Å². The van der Waals surface area contributed by atoms with Crippen molar-refractivity contribution in [3.05, 3.63) is 34.1 Å². The first-order valence-electron chi connectivity index (χ1n) is 6.13. The topological polar surface area (TPSA) is 41.1 Å². The minimum Gasteiger partial charge on any atom is -0.352 e. The fourth-order valence-corrected chi connectivity index (χ4v) is 2.62. The number of amides is 1. The lowest BCUT2D eigenvalue weighted by molar-refractivity contribution is 0.0952. The molecule has 0 unspecified atom stereocenters. The predicted octanol–water partition coefficient (Wildman–Crippen LogP) is 2.46. The van der Waals surface area contributed by atoms with Gasteiger partial charge in [0.05, 0.1) is 0 Å². The zero-order valence-corrected chi connectivity index (χ0v) is 11.6. The molecule has 5 heteroatoms. The lowest BCUT2D eigenvalue weighted by atomic mass is 10.1. The number of carbonyl (C=O) groups excluding carboxylic acids is 1.